The zero-order chi connectivity index (χ0) is 7.84. The lowest BCUT2D eigenvalue weighted by Crippen LogP contribution is -2.20. The molecular weight excluding hydrogens is 136 g/mol. The van der Waals surface area contributed by atoms with Crippen LogP contribution in [0.15, 0.2) is 11.6 Å². The second-order valence-electron chi connectivity index (χ2n) is 3.77. The highest BCUT2D eigenvalue weighted by atomic mass is 14.6. The molecule has 0 amide bonds. The molecule has 0 aliphatic heterocycles. The van der Waals surface area contributed by atoms with Crippen molar-refractivity contribution in [1.82, 2.24) is 0 Å². The maximum Gasteiger partial charge on any atom is 0.0139 e. The summed E-state index contributed by atoms with van der Waals surface area (Å²) in [5, 5.41) is 0. The van der Waals surface area contributed by atoms with Crippen molar-refractivity contribution >= 4 is 0 Å². The molecule has 0 saturated heterocycles. The molecule has 0 aromatic heterocycles. The van der Waals surface area contributed by atoms with E-state index < -0.39 is 0 Å². The highest BCUT2D eigenvalue weighted by Gasteiger charge is 2.38. The minimum Gasteiger partial charge on any atom is -0.330 e. The summed E-state index contributed by atoms with van der Waals surface area (Å²) in [7, 11) is 0. The van der Waals surface area contributed by atoms with Crippen molar-refractivity contribution in [2.75, 3.05) is 13.1 Å². The van der Waals surface area contributed by atoms with Gasteiger partial charge in [0.25, 0.3) is 0 Å². The Morgan fingerprint density at radius 2 is 2.18 bits per heavy atom. The van der Waals surface area contributed by atoms with Gasteiger partial charge in [0, 0.05) is 6.54 Å². The zero-order valence-corrected chi connectivity index (χ0v) is 6.79. The van der Waals surface area contributed by atoms with Crippen molar-refractivity contribution in [1.29, 1.82) is 0 Å². The monoisotopic (exact) mass is 152 g/mol. The predicted molar refractivity (Wildman–Crippen MR) is 45.9 cm³/mol. The lowest BCUT2D eigenvalue weighted by molar-refractivity contribution is 0.452. The van der Waals surface area contributed by atoms with Crippen molar-refractivity contribution < 1.29 is 0 Å². The van der Waals surface area contributed by atoms with Gasteiger partial charge in [0.05, 0.1) is 0 Å². The van der Waals surface area contributed by atoms with E-state index in [1.807, 2.05) is 0 Å². The normalized spacial score (nSPS) is 41.3. The largest absolute Gasteiger partial charge is 0.330 e. The molecule has 0 aromatic rings. The Morgan fingerprint density at radius 3 is 2.64 bits per heavy atom. The van der Waals surface area contributed by atoms with E-state index >= 15 is 0 Å². The van der Waals surface area contributed by atoms with Crippen molar-refractivity contribution in [2.45, 2.75) is 12.8 Å². The summed E-state index contributed by atoms with van der Waals surface area (Å²) >= 11 is 0. The molecule has 2 aliphatic rings. The minimum absolute atomic E-state index is 0.760. The summed E-state index contributed by atoms with van der Waals surface area (Å²) in [6, 6.07) is 0. The molecule has 3 unspecified atom stereocenters. The number of hydrogen-bond acceptors (Lipinski definition) is 2. The van der Waals surface area contributed by atoms with Gasteiger partial charge in [0.15, 0.2) is 0 Å². The van der Waals surface area contributed by atoms with Gasteiger partial charge in [0.1, 0.15) is 0 Å². The topological polar surface area (TPSA) is 52.0 Å². The first-order valence-corrected chi connectivity index (χ1v) is 4.46. The van der Waals surface area contributed by atoms with Gasteiger partial charge >= 0.3 is 0 Å². The van der Waals surface area contributed by atoms with Crippen LogP contribution in [0.3, 0.4) is 0 Å². The fourth-order valence-corrected chi connectivity index (χ4v) is 2.58. The Bertz CT molecular complexity index is 186. The Kier molecular flexibility index (Phi) is 1.74. The van der Waals surface area contributed by atoms with Crippen LogP contribution < -0.4 is 11.5 Å². The zero-order valence-electron chi connectivity index (χ0n) is 6.79. The molecule has 0 aromatic carbocycles. The Hall–Kier alpha value is -0.340. The van der Waals surface area contributed by atoms with E-state index in [0.29, 0.717) is 0 Å². The van der Waals surface area contributed by atoms with Crippen molar-refractivity contribution in [2.24, 2.45) is 29.2 Å². The quantitative estimate of drug-likeness (QED) is 0.566. The van der Waals surface area contributed by atoms with Crippen LogP contribution in [-0.2, 0) is 0 Å². The van der Waals surface area contributed by atoms with E-state index in [9.17, 15) is 0 Å². The summed E-state index contributed by atoms with van der Waals surface area (Å²) in [6.45, 7) is 1.62. The Labute approximate surface area is 67.6 Å². The van der Waals surface area contributed by atoms with E-state index in [4.69, 9.17) is 11.5 Å². The lowest BCUT2D eigenvalue weighted by atomic mass is 9.90. The fraction of sp³-hybridized carbons (Fsp3) is 0.778. The highest BCUT2D eigenvalue weighted by molar-refractivity contribution is 5.22. The number of nitrogens with two attached hydrogens (primary N) is 2. The van der Waals surface area contributed by atoms with Gasteiger partial charge in [-0.2, -0.15) is 0 Å². The van der Waals surface area contributed by atoms with Crippen molar-refractivity contribution in [3.05, 3.63) is 11.6 Å². The molecule has 2 rings (SSSR count). The first-order chi connectivity index (χ1) is 5.35. The van der Waals surface area contributed by atoms with E-state index in [1.54, 1.807) is 0 Å². The smallest absolute Gasteiger partial charge is 0.0139 e. The van der Waals surface area contributed by atoms with Crippen LogP contribution in [0.5, 0.6) is 0 Å². The average molecular weight is 152 g/mol. The van der Waals surface area contributed by atoms with E-state index in [0.717, 1.165) is 30.8 Å². The molecule has 0 heterocycles. The molecule has 1 saturated carbocycles. The molecule has 2 heteroatoms. The first-order valence-electron chi connectivity index (χ1n) is 4.46. The molecule has 62 valence electrons. The van der Waals surface area contributed by atoms with E-state index in [-0.39, 0.29) is 0 Å². The van der Waals surface area contributed by atoms with Gasteiger partial charge in [-0.15, -0.1) is 0 Å². The number of rotatable bonds is 2. The van der Waals surface area contributed by atoms with Gasteiger partial charge in [-0.1, -0.05) is 11.6 Å². The molecule has 3 atom stereocenters. The lowest BCUT2D eigenvalue weighted by Gasteiger charge is -2.18. The Balaban J connectivity index is 2.10. The van der Waals surface area contributed by atoms with Gasteiger partial charge in [-0.25, -0.2) is 0 Å². The standard InChI is InChI=1S/C9H16N2/c10-4-8-2-6-1-7(8)3-9(6)5-11/h2,6-7,9H,1,3-5,10-11H2. The summed E-state index contributed by atoms with van der Waals surface area (Å²) in [5.74, 6) is 2.32. The van der Waals surface area contributed by atoms with Gasteiger partial charge in [-0.05, 0) is 37.1 Å². The highest BCUT2D eigenvalue weighted by Crippen LogP contribution is 2.46. The van der Waals surface area contributed by atoms with Gasteiger partial charge in [-0.3, -0.25) is 0 Å². The second kappa shape index (κ2) is 2.61. The average Bonchev–Trinajstić information content (AvgIpc) is 2.60. The summed E-state index contributed by atoms with van der Waals surface area (Å²) in [6.07, 6.45) is 4.99. The second-order valence-corrected chi connectivity index (χ2v) is 3.77. The molecule has 1 fully saturated rings. The third-order valence-electron chi connectivity index (χ3n) is 3.24. The maximum atomic E-state index is 5.65. The van der Waals surface area contributed by atoms with E-state index in [1.165, 1.54) is 18.4 Å². The summed E-state index contributed by atoms with van der Waals surface area (Å²) in [5.41, 5.74) is 12.7. The van der Waals surface area contributed by atoms with Gasteiger partial charge in [0.2, 0.25) is 0 Å². The van der Waals surface area contributed by atoms with Crippen LogP contribution in [0.1, 0.15) is 12.8 Å². The molecule has 11 heavy (non-hydrogen) atoms. The number of allylic oxidation sites excluding steroid dienone is 1. The molecule has 0 spiro atoms. The molecule has 2 aliphatic carbocycles. The molecule has 0 radical (unpaired) electrons. The molecule has 2 nitrogen and oxygen atoms in total. The fourth-order valence-electron chi connectivity index (χ4n) is 2.58. The molecule has 2 bridgehead atoms. The van der Waals surface area contributed by atoms with Crippen LogP contribution in [0, 0.1) is 17.8 Å². The number of fused-ring (bicyclic) bond motifs is 2. The van der Waals surface area contributed by atoms with Crippen molar-refractivity contribution in [3.63, 3.8) is 0 Å². The summed E-state index contributed by atoms with van der Waals surface area (Å²) < 4.78 is 0. The van der Waals surface area contributed by atoms with Crippen LogP contribution in [0.2, 0.25) is 0 Å². The predicted octanol–water partition coefficient (Wildman–Crippen LogP) is 0.486. The van der Waals surface area contributed by atoms with Crippen LogP contribution in [-0.4, -0.2) is 13.1 Å². The molecule has 4 N–H and O–H groups in total. The minimum atomic E-state index is 0.760. The van der Waals surface area contributed by atoms with Crippen LogP contribution in [0.25, 0.3) is 0 Å². The third-order valence-corrected chi connectivity index (χ3v) is 3.24. The Morgan fingerprint density at radius 1 is 1.36 bits per heavy atom. The third kappa shape index (κ3) is 1.01. The van der Waals surface area contributed by atoms with Gasteiger partial charge < -0.3 is 11.5 Å². The SMILES string of the molecule is NCC1=CC2CC1CC2CN. The number of hydrogen-bond donors (Lipinski definition) is 2. The van der Waals surface area contributed by atoms with Crippen LogP contribution in [0.4, 0.5) is 0 Å². The van der Waals surface area contributed by atoms with Crippen molar-refractivity contribution in [3.8, 4) is 0 Å². The first kappa shape index (κ1) is 7.32. The van der Waals surface area contributed by atoms with E-state index in [2.05, 4.69) is 6.08 Å². The molecular formula is C9H16N2. The summed E-state index contributed by atoms with van der Waals surface area (Å²) in [4.78, 5) is 0. The maximum absolute atomic E-state index is 5.65. The van der Waals surface area contributed by atoms with Crippen LogP contribution >= 0.6 is 0 Å².